The molecule has 0 unspecified atom stereocenters. The number of piperidine rings is 1. The average Bonchev–Trinajstić information content (AvgIpc) is 2.78. The molecule has 0 amide bonds. The summed E-state index contributed by atoms with van der Waals surface area (Å²) in [4.78, 5) is 6.77. The van der Waals surface area contributed by atoms with E-state index in [9.17, 15) is 0 Å². The number of nitrogens with zero attached hydrogens (tertiary/aromatic N) is 3. The fraction of sp³-hybridized carbons (Fsp3) is 0.857. The summed E-state index contributed by atoms with van der Waals surface area (Å²) in [6.45, 7) is 10.4. The van der Waals surface area contributed by atoms with Crippen molar-refractivity contribution in [2.75, 3.05) is 26.7 Å². The summed E-state index contributed by atoms with van der Waals surface area (Å²) >= 11 is 0. The molecule has 5 heteroatoms. The lowest BCUT2D eigenvalue weighted by Gasteiger charge is -2.26. The number of aromatic nitrogens is 2. The number of hydrogen-bond donors (Lipinski definition) is 1. The van der Waals surface area contributed by atoms with Crippen LogP contribution in [0, 0.1) is 5.92 Å². The second-order valence-electron chi connectivity index (χ2n) is 6.65. The van der Waals surface area contributed by atoms with Gasteiger partial charge in [-0.1, -0.05) is 25.9 Å². The van der Waals surface area contributed by atoms with E-state index in [4.69, 9.17) is 4.52 Å². The van der Waals surface area contributed by atoms with Crippen LogP contribution in [0.5, 0.6) is 0 Å². The first kappa shape index (κ1) is 14.5. The Bertz CT molecular complexity index is 390. The Balaban J connectivity index is 1.84. The minimum atomic E-state index is -0.0463. The molecule has 0 radical (unpaired) electrons. The van der Waals surface area contributed by atoms with Gasteiger partial charge in [0.1, 0.15) is 0 Å². The minimum absolute atomic E-state index is 0.0463. The maximum absolute atomic E-state index is 5.34. The van der Waals surface area contributed by atoms with Gasteiger partial charge in [0.15, 0.2) is 5.82 Å². The van der Waals surface area contributed by atoms with Crippen molar-refractivity contribution >= 4 is 0 Å². The fourth-order valence-electron chi connectivity index (χ4n) is 2.42. The molecule has 0 saturated carbocycles. The molecular weight excluding hydrogens is 240 g/mol. The van der Waals surface area contributed by atoms with Crippen molar-refractivity contribution in [2.45, 2.75) is 45.6 Å². The molecule has 1 fully saturated rings. The summed E-state index contributed by atoms with van der Waals surface area (Å²) in [5.74, 6) is 2.30. The van der Waals surface area contributed by atoms with E-state index < -0.39 is 0 Å². The van der Waals surface area contributed by atoms with Crippen molar-refractivity contribution in [3.63, 3.8) is 0 Å². The molecule has 0 bridgehead atoms. The first-order valence-corrected chi connectivity index (χ1v) is 7.17. The Morgan fingerprint density at radius 1 is 1.32 bits per heavy atom. The summed E-state index contributed by atoms with van der Waals surface area (Å²) < 4.78 is 5.34. The summed E-state index contributed by atoms with van der Waals surface area (Å²) in [5, 5.41) is 7.46. The first-order valence-electron chi connectivity index (χ1n) is 7.17. The van der Waals surface area contributed by atoms with Gasteiger partial charge in [-0.3, -0.25) is 4.90 Å². The highest BCUT2D eigenvalue weighted by atomic mass is 16.5. The van der Waals surface area contributed by atoms with E-state index in [2.05, 4.69) is 48.2 Å². The first-order chi connectivity index (χ1) is 8.95. The number of hydrogen-bond acceptors (Lipinski definition) is 5. The molecule has 1 N–H and O–H groups in total. The second kappa shape index (κ2) is 6.01. The molecule has 1 aliphatic rings. The molecule has 2 rings (SSSR count). The zero-order valence-electron chi connectivity index (χ0n) is 12.6. The zero-order chi connectivity index (χ0) is 13.9. The average molecular weight is 266 g/mol. The monoisotopic (exact) mass is 266 g/mol. The Morgan fingerprint density at radius 3 is 2.58 bits per heavy atom. The third kappa shape index (κ3) is 4.28. The molecule has 0 aromatic carbocycles. The van der Waals surface area contributed by atoms with Crippen molar-refractivity contribution in [3.8, 4) is 0 Å². The van der Waals surface area contributed by atoms with Crippen LogP contribution in [0.2, 0.25) is 0 Å². The van der Waals surface area contributed by atoms with Gasteiger partial charge in [-0.2, -0.15) is 4.98 Å². The van der Waals surface area contributed by atoms with Gasteiger partial charge in [-0.15, -0.1) is 0 Å². The summed E-state index contributed by atoms with van der Waals surface area (Å²) in [6, 6.07) is 0. The smallest absolute Gasteiger partial charge is 0.240 e. The molecule has 0 atom stereocenters. The van der Waals surface area contributed by atoms with E-state index in [1.165, 1.54) is 12.8 Å². The van der Waals surface area contributed by atoms with Crippen molar-refractivity contribution in [1.82, 2.24) is 20.4 Å². The van der Waals surface area contributed by atoms with Crippen molar-refractivity contribution in [3.05, 3.63) is 11.7 Å². The van der Waals surface area contributed by atoms with Crippen LogP contribution in [0.25, 0.3) is 0 Å². The molecule has 2 heterocycles. The predicted molar refractivity (Wildman–Crippen MR) is 74.9 cm³/mol. The molecule has 0 spiro atoms. The summed E-state index contributed by atoms with van der Waals surface area (Å²) in [7, 11) is 2.13. The largest absolute Gasteiger partial charge is 0.338 e. The van der Waals surface area contributed by atoms with Crippen LogP contribution in [0.3, 0.4) is 0 Å². The van der Waals surface area contributed by atoms with Crippen molar-refractivity contribution in [2.24, 2.45) is 5.92 Å². The Morgan fingerprint density at radius 2 is 2.00 bits per heavy atom. The Labute approximate surface area is 115 Å². The normalized spacial score (nSPS) is 18.2. The maximum atomic E-state index is 5.34. The van der Waals surface area contributed by atoms with Crippen LogP contribution in [0.1, 0.15) is 45.3 Å². The molecule has 5 nitrogen and oxygen atoms in total. The molecule has 108 valence electrons. The van der Waals surface area contributed by atoms with E-state index in [1.807, 2.05) is 0 Å². The lowest BCUT2D eigenvalue weighted by Crippen LogP contribution is -2.34. The van der Waals surface area contributed by atoms with Gasteiger partial charge in [-0.05, 0) is 38.9 Å². The van der Waals surface area contributed by atoms with Gasteiger partial charge in [0.25, 0.3) is 0 Å². The molecule has 19 heavy (non-hydrogen) atoms. The summed E-state index contributed by atoms with van der Waals surface area (Å²) in [6.07, 6.45) is 2.53. The lowest BCUT2D eigenvalue weighted by atomic mass is 9.96. The van der Waals surface area contributed by atoms with E-state index >= 15 is 0 Å². The Hall–Kier alpha value is -0.940. The van der Waals surface area contributed by atoms with Gasteiger partial charge in [0, 0.05) is 12.0 Å². The van der Waals surface area contributed by atoms with Crippen LogP contribution in [-0.2, 0) is 12.0 Å². The van der Waals surface area contributed by atoms with Crippen LogP contribution in [0.15, 0.2) is 4.52 Å². The van der Waals surface area contributed by atoms with Crippen molar-refractivity contribution in [1.29, 1.82) is 0 Å². The quantitative estimate of drug-likeness (QED) is 0.900. The highest BCUT2D eigenvalue weighted by molar-refractivity contribution is 4.99. The second-order valence-corrected chi connectivity index (χ2v) is 6.65. The summed E-state index contributed by atoms with van der Waals surface area (Å²) in [5.41, 5.74) is -0.0463. The zero-order valence-corrected chi connectivity index (χ0v) is 12.6. The maximum Gasteiger partial charge on any atom is 0.240 e. The Kier molecular flexibility index (Phi) is 4.58. The molecular formula is C14H26N4O. The van der Waals surface area contributed by atoms with E-state index in [-0.39, 0.29) is 5.41 Å². The van der Waals surface area contributed by atoms with Crippen molar-refractivity contribution < 1.29 is 4.52 Å². The minimum Gasteiger partial charge on any atom is -0.338 e. The van der Waals surface area contributed by atoms with Crippen LogP contribution in [0.4, 0.5) is 0 Å². The predicted octanol–water partition coefficient (Wildman–Crippen LogP) is 1.80. The van der Waals surface area contributed by atoms with Gasteiger partial charge in [-0.25, -0.2) is 0 Å². The topological polar surface area (TPSA) is 54.2 Å². The fourth-order valence-corrected chi connectivity index (χ4v) is 2.42. The van der Waals surface area contributed by atoms with Crippen LogP contribution in [-0.4, -0.2) is 41.7 Å². The van der Waals surface area contributed by atoms with E-state index in [1.54, 1.807) is 0 Å². The third-order valence-electron chi connectivity index (χ3n) is 3.57. The number of rotatable bonds is 4. The number of nitrogens with one attached hydrogen (secondary N) is 1. The highest BCUT2D eigenvalue weighted by Crippen LogP contribution is 2.19. The van der Waals surface area contributed by atoms with Crippen LogP contribution >= 0.6 is 0 Å². The van der Waals surface area contributed by atoms with Gasteiger partial charge < -0.3 is 9.84 Å². The molecule has 0 aliphatic carbocycles. The van der Waals surface area contributed by atoms with Gasteiger partial charge in [0.2, 0.25) is 5.89 Å². The lowest BCUT2D eigenvalue weighted by molar-refractivity contribution is 0.210. The van der Waals surface area contributed by atoms with Crippen LogP contribution < -0.4 is 5.32 Å². The molecule has 1 aromatic heterocycles. The molecule has 1 aromatic rings. The van der Waals surface area contributed by atoms with E-state index in [0.29, 0.717) is 0 Å². The highest BCUT2D eigenvalue weighted by Gasteiger charge is 2.22. The molecule has 1 saturated heterocycles. The SMILES string of the molecule is CN(Cc1nc(C(C)(C)C)no1)CC1CCNCC1. The molecule has 1 aliphatic heterocycles. The van der Waals surface area contributed by atoms with Gasteiger partial charge >= 0.3 is 0 Å². The standard InChI is InChI=1S/C14H26N4O/c1-14(2,3)13-16-12(19-17-13)10-18(4)9-11-5-7-15-8-6-11/h11,15H,5-10H2,1-4H3. The third-order valence-corrected chi connectivity index (χ3v) is 3.57. The van der Waals surface area contributed by atoms with Gasteiger partial charge in [0.05, 0.1) is 6.54 Å². The van der Waals surface area contributed by atoms with E-state index in [0.717, 1.165) is 43.8 Å².